The molecule has 9 heteroatoms. The van der Waals surface area contributed by atoms with Crippen LogP contribution in [0.4, 0.5) is 10.1 Å². The molecule has 0 saturated carbocycles. The summed E-state index contributed by atoms with van der Waals surface area (Å²) in [7, 11) is 3.02. The van der Waals surface area contributed by atoms with Crippen molar-refractivity contribution in [3.63, 3.8) is 0 Å². The maximum Gasteiger partial charge on any atom is 0.266 e. The van der Waals surface area contributed by atoms with Crippen LogP contribution in [-0.4, -0.2) is 29.7 Å². The number of rotatable bonds is 5. The van der Waals surface area contributed by atoms with E-state index in [9.17, 15) is 14.0 Å². The summed E-state index contributed by atoms with van der Waals surface area (Å²) in [5, 5.41) is 2.99. The van der Waals surface area contributed by atoms with Crippen molar-refractivity contribution in [2.24, 2.45) is 0 Å². The third-order valence-electron chi connectivity index (χ3n) is 5.22. The molecular weight excluding hydrogens is 445 g/mol. The maximum atomic E-state index is 13.8. The van der Waals surface area contributed by atoms with E-state index in [1.807, 2.05) is 0 Å². The fraction of sp³-hybridized carbons (Fsp3) is 0.125. The Hall–Kier alpha value is -3.98. The summed E-state index contributed by atoms with van der Waals surface area (Å²) in [6.45, 7) is 1.64. The molecule has 1 amide bonds. The smallest absolute Gasteiger partial charge is 0.266 e. The molecule has 0 aliphatic heterocycles. The number of benzene rings is 3. The van der Waals surface area contributed by atoms with E-state index in [1.54, 1.807) is 43.3 Å². The SMILES string of the molecule is COc1ccc(-n2c(=S)[nH]c3cc(C(=O)Nc4ccc(C)c(F)c4)ccc3c2=O)c(OC)c1. The zero-order valence-electron chi connectivity index (χ0n) is 18.1. The number of aromatic amines is 1. The van der Waals surface area contributed by atoms with Crippen LogP contribution < -0.4 is 20.3 Å². The first-order chi connectivity index (χ1) is 15.8. The van der Waals surface area contributed by atoms with Gasteiger partial charge in [-0.3, -0.25) is 9.59 Å². The average Bonchev–Trinajstić information content (AvgIpc) is 2.81. The fourth-order valence-corrected chi connectivity index (χ4v) is 3.71. The van der Waals surface area contributed by atoms with Gasteiger partial charge in [0.05, 0.1) is 30.8 Å². The Bertz CT molecular complexity index is 1510. The Morgan fingerprint density at radius 3 is 2.55 bits per heavy atom. The Balaban J connectivity index is 1.75. The first-order valence-corrected chi connectivity index (χ1v) is 10.3. The van der Waals surface area contributed by atoms with Gasteiger partial charge in [-0.1, -0.05) is 6.07 Å². The molecule has 0 spiro atoms. The van der Waals surface area contributed by atoms with E-state index in [1.165, 1.54) is 37.0 Å². The van der Waals surface area contributed by atoms with E-state index in [-0.39, 0.29) is 15.9 Å². The van der Waals surface area contributed by atoms with Crippen molar-refractivity contribution < 1.29 is 18.7 Å². The molecule has 168 valence electrons. The van der Waals surface area contributed by atoms with Crippen molar-refractivity contribution in [3.8, 4) is 17.2 Å². The fourth-order valence-electron chi connectivity index (χ4n) is 3.42. The lowest BCUT2D eigenvalue weighted by atomic mass is 10.1. The van der Waals surface area contributed by atoms with Gasteiger partial charge in [0, 0.05) is 17.3 Å². The molecule has 0 unspecified atom stereocenters. The number of hydrogen-bond donors (Lipinski definition) is 2. The second-order valence-electron chi connectivity index (χ2n) is 7.29. The highest BCUT2D eigenvalue weighted by molar-refractivity contribution is 7.71. The highest BCUT2D eigenvalue weighted by Gasteiger charge is 2.15. The summed E-state index contributed by atoms with van der Waals surface area (Å²) in [6.07, 6.45) is 0. The molecule has 2 N–H and O–H groups in total. The van der Waals surface area contributed by atoms with Gasteiger partial charge in [-0.25, -0.2) is 8.96 Å². The number of carbonyl (C=O) groups excluding carboxylic acids is 1. The summed E-state index contributed by atoms with van der Waals surface area (Å²) in [4.78, 5) is 28.9. The van der Waals surface area contributed by atoms with Crippen molar-refractivity contribution in [2.75, 3.05) is 19.5 Å². The largest absolute Gasteiger partial charge is 0.497 e. The standard InChI is InChI=1S/C24H20FN3O4S/c1-13-4-6-15(11-18(13)25)26-22(29)14-5-8-17-19(10-14)27-24(33)28(23(17)30)20-9-7-16(31-2)12-21(20)32-3/h4-12H,1-3H3,(H,26,29)(H,27,33). The van der Waals surface area contributed by atoms with Crippen LogP contribution in [0.25, 0.3) is 16.6 Å². The van der Waals surface area contributed by atoms with Crippen molar-refractivity contribution in [1.82, 2.24) is 9.55 Å². The molecule has 1 heterocycles. The number of methoxy groups -OCH3 is 2. The van der Waals surface area contributed by atoms with E-state index < -0.39 is 11.7 Å². The third kappa shape index (κ3) is 4.22. The van der Waals surface area contributed by atoms with Gasteiger partial charge in [0.1, 0.15) is 17.3 Å². The molecule has 0 aliphatic rings. The zero-order chi connectivity index (χ0) is 23.7. The van der Waals surface area contributed by atoms with Crippen LogP contribution in [-0.2, 0) is 0 Å². The van der Waals surface area contributed by atoms with Crippen molar-refractivity contribution in [3.05, 3.63) is 86.7 Å². The van der Waals surface area contributed by atoms with E-state index in [0.717, 1.165) is 0 Å². The predicted octanol–water partition coefficient (Wildman–Crippen LogP) is 4.77. The lowest BCUT2D eigenvalue weighted by Gasteiger charge is -2.13. The van der Waals surface area contributed by atoms with Gasteiger partial charge >= 0.3 is 0 Å². The Labute approximate surface area is 193 Å². The number of halogens is 1. The Morgan fingerprint density at radius 2 is 1.85 bits per heavy atom. The molecule has 33 heavy (non-hydrogen) atoms. The van der Waals surface area contributed by atoms with E-state index >= 15 is 0 Å². The summed E-state index contributed by atoms with van der Waals surface area (Å²) < 4.78 is 25.9. The number of amides is 1. The van der Waals surface area contributed by atoms with Gasteiger partial charge in [-0.05, 0) is 67.2 Å². The first kappa shape index (κ1) is 22.2. The second-order valence-corrected chi connectivity index (χ2v) is 7.67. The number of aryl methyl sites for hydroxylation is 1. The van der Waals surface area contributed by atoms with E-state index in [0.29, 0.717) is 39.3 Å². The Morgan fingerprint density at radius 1 is 1.06 bits per heavy atom. The van der Waals surface area contributed by atoms with Gasteiger partial charge < -0.3 is 19.8 Å². The quantitative estimate of drug-likeness (QED) is 0.415. The number of H-pyrrole nitrogens is 1. The molecule has 3 aromatic carbocycles. The maximum absolute atomic E-state index is 13.8. The molecule has 1 aromatic heterocycles. The van der Waals surface area contributed by atoms with Crippen LogP contribution in [0.3, 0.4) is 0 Å². The van der Waals surface area contributed by atoms with E-state index in [2.05, 4.69) is 10.3 Å². The topological polar surface area (TPSA) is 85.4 Å². The number of ether oxygens (including phenoxy) is 2. The van der Waals surface area contributed by atoms with Crippen LogP contribution in [0, 0.1) is 17.5 Å². The van der Waals surface area contributed by atoms with E-state index in [4.69, 9.17) is 21.7 Å². The van der Waals surface area contributed by atoms with Gasteiger partial charge in [0.25, 0.3) is 11.5 Å². The highest BCUT2D eigenvalue weighted by Crippen LogP contribution is 2.27. The van der Waals surface area contributed by atoms with Crippen LogP contribution in [0.2, 0.25) is 0 Å². The van der Waals surface area contributed by atoms with Crippen molar-refractivity contribution in [2.45, 2.75) is 6.92 Å². The lowest BCUT2D eigenvalue weighted by molar-refractivity contribution is 0.102. The number of fused-ring (bicyclic) bond motifs is 1. The minimum atomic E-state index is -0.444. The number of hydrogen-bond acceptors (Lipinski definition) is 5. The molecule has 0 aliphatic carbocycles. The van der Waals surface area contributed by atoms with Crippen LogP contribution in [0.1, 0.15) is 15.9 Å². The number of anilines is 1. The third-order valence-corrected chi connectivity index (χ3v) is 5.50. The number of carbonyl (C=O) groups is 1. The number of nitrogens with zero attached hydrogens (tertiary/aromatic N) is 1. The Kier molecular flexibility index (Phi) is 5.97. The second kappa shape index (κ2) is 8.87. The predicted molar refractivity (Wildman–Crippen MR) is 127 cm³/mol. The number of nitrogens with one attached hydrogen (secondary N) is 2. The molecule has 7 nitrogen and oxygen atoms in total. The molecule has 0 radical (unpaired) electrons. The number of aromatic nitrogens is 2. The minimum absolute atomic E-state index is 0.133. The summed E-state index contributed by atoms with van der Waals surface area (Å²) in [6, 6.07) is 14.1. The molecule has 4 rings (SSSR count). The summed E-state index contributed by atoms with van der Waals surface area (Å²) >= 11 is 5.44. The summed E-state index contributed by atoms with van der Waals surface area (Å²) in [5.41, 5.74) is 1.58. The molecule has 0 bridgehead atoms. The summed E-state index contributed by atoms with van der Waals surface area (Å²) in [5.74, 6) is 0.130. The van der Waals surface area contributed by atoms with Gasteiger partial charge in [-0.15, -0.1) is 0 Å². The zero-order valence-corrected chi connectivity index (χ0v) is 18.9. The van der Waals surface area contributed by atoms with Gasteiger partial charge in [0.15, 0.2) is 4.77 Å². The molecular formula is C24H20FN3O4S. The van der Waals surface area contributed by atoms with Crippen molar-refractivity contribution in [1.29, 1.82) is 0 Å². The lowest BCUT2D eigenvalue weighted by Crippen LogP contribution is -2.21. The first-order valence-electron chi connectivity index (χ1n) is 9.91. The van der Waals surface area contributed by atoms with Gasteiger partial charge in [-0.2, -0.15) is 0 Å². The van der Waals surface area contributed by atoms with Crippen LogP contribution in [0.5, 0.6) is 11.5 Å². The monoisotopic (exact) mass is 465 g/mol. The minimum Gasteiger partial charge on any atom is -0.497 e. The van der Waals surface area contributed by atoms with Crippen molar-refractivity contribution >= 4 is 34.7 Å². The molecule has 0 saturated heterocycles. The van der Waals surface area contributed by atoms with Crippen LogP contribution in [0.15, 0.2) is 59.4 Å². The average molecular weight is 466 g/mol. The normalized spacial score (nSPS) is 10.8. The van der Waals surface area contributed by atoms with Gasteiger partial charge in [0.2, 0.25) is 0 Å². The van der Waals surface area contributed by atoms with Crippen LogP contribution >= 0.6 is 12.2 Å². The molecule has 0 atom stereocenters. The highest BCUT2D eigenvalue weighted by atomic mass is 32.1. The molecule has 4 aromatic rings. The molecule has 0 fully saturated rings.